The van der Waals surface area contributed by atoms with Crippen molar-refractivity contribution in [2.45, 2.75) is 19.9 Å². The van der Waals surface area contributed by atoms with Gasteiger partial charge in [0.05, 0.1) is 23.3 Å². The van der Waals surface area contributed by atoms with Crippen LogP contribution in [0.15, 0.2) is 42.5 Å². The predicted octanol–water partition coefficient (Wildman–Crippen LogP) is 4.08. The first-order chi connectivity index (χ1) is 16.2. The largest absolute Gasteiger partial charge is 0.477 e. The number of carbonyl (C=O) groups is 1. The van der Waals surface area contributed by atoms with Crippen LogP contribution in [0.3, 0.4) is 0 Å². The van der Waals surface area contributed by atoms with Crippen molar-refractivity contribution < 1.29 is 22.7 Å². The van der Waals surface area contributed by atoms with Crippen LogP contribution in [-0.4, -0.2) is 42.1 Å². The Morgan fingerprint density at radius 1 is 1.26 bits per heavy atom. The lowest BCUT2D eigenvalue weighted by Crippen LogP contribution is -2.47. The average Bonchev–Trinajstić information content (AvgIpc) is 3.07. The standard InChI is InChI=1S/C23H20ClFN4O4S/c1-13-9-16-19(11-17(13)25)28(12-15-10-14-5-2-3-6-18(14)27-22(15)24)21(23(30)31)20(16)29-8-4-7-26-34(29,32)33/h2-3,5-6,9-11,26H,4,7-8,12H2,1H3,(H,30,31). The number of aryl methyl sites for hydroxylation is 1. The van der Waals surface area contributed by atoms with Crippen LogP contribution in [0.4, 0.5) is 10.1 Å². The quantitative estimate of drug-likeness (QED) is 0.409. The minimum absolute atomic E-state index is 0.00247. The molecule has 1 saturated heterocycles. The molecule has 11 heteroatoms. The van der Waals surface area contributed by atoms with Gasteiger partial charge in [-0.1, -0.05) is 29.8 Å². The highest BCUT2D eigenvalue weighted by Crippen LogP contribution is 2.38. The number of carboxylic acid groups (broad SMARTS) is 1. The Bertz CT molecular complexity index is 1590. The third kappa shape index (κ3) is 3.67. The average molecular weight is 503 g/mol. The van der Waals surface area contributed by atoms with E-state index in [4.69, 9.17) is 11.6 Å². The number of benzene rings is 2. The minimum atomic E-state index is -3.97. The third-order valence-corrected chi connectivity index (χ3v) is 7.80. The van der Waals surface area contributed by atoms with Gasteiger partial charge in [-0.2, -0.15) is 13.1 Å². The highest BCUT2D eigenvalue weighted by atomic mass is 35.5. The zero-order chi connectivity index (χ0) is 24.2. The molecule has 0 unspecified atom stereocenters. The molecule has 1 aliphatic rings. The number of nitrogens with zero attached hydrogens (tertiary/aromatic N) is 3. The smallest absolute Gasteiger partial charge is 0.354 e. The molecule has 5 rings (SSSR count). The van der Waals surface area contributed by atoms with Crippen molar-refractivity contribution >= 4 is 55.3 Å². The monoisotopic (exact) mass is 502 g/mol. The van der Waals surface area contributed by atoms with E-state index in [1.807, 2.05) is 24.3 Å². The number of hydrogen-bond acceptors (Lipinski definition) is 4. The number of hydrogen-bond donors (Lipinski definition) is 2. The second-order valence-electron chi connectivity index (χ2n) is 8.16. The number of pyridine rings is 1. The number of aromatic nitrogens is 2. The van der Waals surface area contributed by atoms with Crippen molar-refractivity contribution in [2.75, 3.05) is 17.4 Å². The molecule has 1 aliphatic heterocycles. The highest BCUT2D eigenvalue weighted by molar-refractivity contribution is 7.91. The van der Waals surface area contributed by atoms with E-state index < -0.39 is 22.0 Å². The number of nitrogens with one attached hydrogen (secondary N) is 1. The molecule has 176 valence electrons. The number of carboxylic acids is 1. The van der Waals surface area contributed by atoms with Gasteiger partial charge in [0.1, 0.15) is 11.0 Å². The first-order valence-corrected chi connectivity index (χ1v) is 12.4. The third-order valence-electron chi connectivity index (χ3n) is 5.96. The summed E-state index contributed by atoms with van der Waals surface area (Å²) < 4.78 is 45.2. The van der Waals surface area contributed by atoms with E-state index in [-0.39, 0.29) is 47.2 Å². The molecule has 3 heterocycles. The number of halogens is 2. The molecule has 1 fully saturated rings. The van der Waals surface area contributed by atoms with E-state index in [0.717, 1.165) is 9.69 Å². The first-order valence-electron chi connectivity index (χ1n) is 10.5. The van der Waals surface area contributed by atoms with Gasteiger partial charge >= 0.3 is 16.2 Å². The summed E-state index contributed by atoms with van der Waals surface area (Å²) in [6.07, 6.45) is 0.492. The lowest BCUT2D eigenvalue weighted by Gasteiger charge is -2.29. The Morgan fingerprint density at radius 3 is 2.76 bits per heavy atom. The zero-order valence-corrected chi connectivity index (χ0v) is 19.6. The minimum Gasteiger partial charge on any atom is -0.477 e. The molecular weight excluding hydrogens is 483 g/mol. The summed E-state index contributed by atoms with van der Waals surface area (Å²) in [7, 11) is -3.97. The lowest BCUT2D eigenvalue weighted by molar-refractivity contribution is 0.0687. The van der Waals surface area contributed by atoms with Gasteiger partial charge in [0, 0.05) is 29.4 Å². The lowest BCUT2D eigenvalue weighted by atomic mass is 10.1. The fourth-order valence-corrected chi connectivity index (χ4v) is 5.92. The highest BCUT2D eigenvalue weighted by Gasteiger charge is 2.34. The molecule has 0 bridgehead atoms. The molecule has 0 saturated carbocycles. The number of rotatable bonds is 4. The van der Waals surface area contributed by atoms with Crippen molar-refractivity contribution in [2.24, 2.45) is 0 Å². The van der Waals surface area contributed by atoms with Crippen LogP contribution in [0.1, 0.15) is 28.0 Å². The molecular formula is C23H20ClFN4O4S. The van der Waals surface area contributed by atoms with Gasteiger partial charge in [-0.3, -0.25) is 4.31 Å². The maximum atomic E-state index is 14.6. The Labute approximate surface area is 199 Å². The summed E-state index contributed by atoms with van der Waals surface area (Å²) >= 11 is 6.43. The van der Waals surface area contributed by atoms with Gasteiger partial charge in [-0.25, -0.2) is 14.2 Å². The van der Waals surface area contributed by atoms with E-state index in [0.29, 0.717) is 22.9 Å². The Balaban J connectivity index is 1.80. The van der Waals surface area contributed by atoms with Crippen LogP contribution >= 0.6 is 11.6 Å². The van der Waals surface area contributed by atoms with Gasteiger partial charge in [0.15, 0.2) is 5.69 Å². The Hall–Kier alpha value is -3.21. The molecule has 0 aliphatic carbocycles. The van der Waals surface area contributed by atoms with Gasteiger partial charge in [-0.15, -0.1) is 0 Å². The summed E-state index contributed by atoms with van der Waals surface area (Å²) in [6.45, 7) is 1.86. The van der Waals surface area contributed by atoms with Crippen LogP contribution in [0, 0.1) is 12.7 Å². The second kappa shape index (κ2) is 8.23. The molecule has 0 atom stereocenters. The van der Waals surface area contributed by atoms with Gasteiger partial charge in [0.2, 0.25) is 0 Å². The van der Waals surface area contributed by atoms with Crippen molar-refractivity contribution in [3.8, 4) is 0 Å². The molecule has 0 spiro atoms. The summed E-state index contributed by atoms with van der Waals surface area (Å²) in [6, 6.07) is 11.8. The van der Waals surface area contributed by atoms with E-state index >= 15 is 0 Å². The van der Waals surface area contributed by atoms with Crippen molar-refractivity contribution in [3.05, 3.63) is 70.3 Å². The number of fused-ring (bicyclic) bond motifs is 2. The summed E-state index contributed by atoms with van der Waals surface area (Å²) in [5.41, 5.74) is 1.46. The molecule has 4 aromatic rings. The topological polar surface area (TPSA) is 105 Å². The van der Waals surface area contributed by atoms with E-state index in [2.05, 4.69) is 9.71 Å². The SMILES string of the molecule is Cc1cc2c(N3CCCNS3(=O)=O)c(C(=O)O)n(Cc3cc4ccccc4nc3Cl)c2cc1F. The van der Waals surface area contributed by atoms with Crippen LogP contribution in [0.2, 0.25) is 5.15 Å². The van der Waals surface area contributed by atoms with Crippen molar-refractivity contribution in [3.63, 3.8) is 0 Å². The molecule has 2 N–H and O–H groups in total. The van der Waals surface area contributed by atoms with Crippen molar-refractivity contribution in [1.82, 2.24) is 14.3 Å². The van der Waals surface area contributed by atoms with E-state index in [1.165, 1.54) is 16.7 Å². The van der Waals surface area contributed by atoms with E-state index in [1.54, 1.807) is 13.0 Å². The fraction of sp³-hybridized carbons (Fsp3) is 0.217. The summed E-state index contributed by atoms with van der Waals surface area (Å²) in [5.74, 6) is -1.87. The number of aromatic carboxylic acids is 1. The number of para-hydroxylation sites is 1. The Morgan fingerprint density at radius 2 is 2.03 bits per heavy atom. The van der Waals surface area contributed by atoms with Crippen LogP contribution < -0.4 is 9.03 Å². The van der Waals surface area contributed by atoms with Gasteiger partial charge in [0.25, 0.3) is 0 Å². The molecule has 2 aromatic heterocycles. The normalized spacial score (nSPS) is 15.8. The molecule has 8 nitrogen and oxygen atoms in total. The summed E-state index contributed by atoms with van der Waals surface area (Å²) in [4.78, 5) is 16.9. The first kappa shape index (κ1) is 22.6. The predicted molar refractivity (Wildman–Crippen MR) is 128 cm³/mol. The van der Waals surface area contributed by atoms with Crippen LogP contribution in [-0.2, 0) is 16.8 Å². The summed E-state index contributed by atoms with van der Waals surface area (Å²) in [5, 5.41) is 11.5. The van der Waals surface area contributed by atoms with Gasteiger partial charge < -0.3 is 9.67 Å². The zero-order valence-electron chi connectivity index (χ0n) is 18.0. The Kier molecular flexibility index (Phi) is 5.46. The maximum absolute atomic E-state index is 14.6. The number of anilines is 1. The van der Waals surface area contributed by atoms with Crippen molar-refractivity contribution in [1.29, 1.82) is 0 Å². The molecule has 34 heavy (non-hydrogen) atoms. The molecule has 0 amide bonds. The second-order valence-corrected chi connectivity index (χ2v) is 10.2. The fourth-order valence-electron chi connectivity index (χ4n) is 4.36. The van der Waals surface area contributed by atoms with E-state index in [9.17, 15) is 22.7 Å². The molecule has 0 radical (unpaired) electrons. The van der Waals surface area contributed by atoms with Crippen LogP contribution in [0.25, 0.3) is 21.8 Å². The van der Waals surface area contributed by atoms with Gasteiger partial charge in [-0.05, 0) is 43.2 Å². The maximum Gasteiger partial charge on any atom is 0.354 e. The van der Waals surface area contributed by atoms with Crippen LogP contribution in [0.5, 0.6) is 0 Å². The molecule has 2 aromatic carbocycles.